The van der Waals surface area contributed by atoms with Gasteiger partial charge in [-0.25, -0.2) is 0 Å². The molecule has 2 N–H and O–H groups in total. The van der Waals surface area contributed by atoms with Gasteiger partial charge in [0.1, 0.15) is 5.54 Å². The molecule has 1 fully saturated rings. The lowest BCUT2D eigenvalue weighted by molar-refractivity contribution is -0.123. The Morgan fingerprint density at radius 3 is 2.61 bits per heavy atom. The summed E-state index contributed by atoms with van der Waals surface area (Å²) in [5.74, 6) is 0.515. The molecule has 1 aromatic rings. The Morgan fingerprint density at radius 1 is 1.33 bits per heavy atom. The van der Waals surface area contributed by atoms with Gasteiger partial charge in [-0.3, -0.25) is 15.1 Å². The summed E-state index contributed by atoms with van der Waals surface area (Å²) in [6.07, 6.45) is 0.960. The summed E-state index contributed by atoms with van der Waals surface area (Å²) in [6.45, 7) is 4.64. The number of nitrogens with one attached hydrogen (secondary N) is 2. The minimum absolute atomic E-state index is 0.0569. The molecule has 0 bridgehead atoms. The third-order valence-corrected chi connectivity index (χ3v) is 3.69. The van der Waals surface area contributed by atoms with Gasteiger partial charge in [-0.2, -0.15) is 0 Å². The second kappa shape index (κ2) is 5.26. The second-order valence-corrected chi connectivity index (χ2v) is 5.69. The van der Waals surface area contributed by atoms with Gasteiger partial charge in [0.2, 0.25) is 0 Å². The van der Waals surface area contributed by atoms with Crippen molar-refractivity contribution >= 4 is 34.5 Å². The van der Waals surface area contributed by atoms with Crippen LogP contribution in [0.15, 0.2) is 29.3 Å². The maximum absolute atomic E-state index is 12.1. The Morgan fingerprint density at radius 2 is 2.00 bits per heavy atom. The van der Waals surface area contributed by atoms with E-state index in [0.717, 1.165) is 15.6 Å². The van der Waals surface area contributed by atoms with Crippen molar-refractivity contribution in [2.75, 3.05) is 6.54 Å². The molecule has 0 saturated carbocycles. The number of nitrogens with zero attached hydrogens (tertiary/aromatic N) is 1. The van der Waals surface area contributed by atoms with Gasteiger partial charge in [0.25, 0.3) is 5.91 Å². The number of carbonyl (C=O) groups is 1. The van der Waals surface area contributed by atoms with E-state index in [4.69, 9.17) is 0 Å². The smallest absolute Gasteiger partial charge is 0.256 e. The summed E-state index contributed by atoms with van der Waals surface area (Å²) in [5.41, 5.74) is 0.221. The summed E-state index contributed by atoms with van der Waals surface area (Å²) in [6, 6.07) is 7.93. The van der Waals surface area contributed by atoms with E-state index in [1.54, 1.807) is 0 Å². The number of benzene rings is 1. The van der Waals surface area contributed by atoms with Gasteiger partial charge in [-0.15, -0.1) is 0 Å². The molecule has 1 aromatic carbocycles. The maximum atomic E-state index is 12.1. The molecule has 1 saturated heterocycles. The normalized spacial score (nSPS) is 25.1. The summed E-state index contributed by atoms with van der Waals surface area (Å²) in [5, 5.41) is 5.97. The van der Waals surface area contributed by atoms with Crippen molar-refractivity contribution in [3.05, 3.63) is 33.4 Å². The molecule has 0 spiro atoms. The first-order valence-corrected chi connectivity index (χ1v) is 7.04. The Kier molecular flexibility index (Phi) is 3.89. The van der Waals surface area contributed by atoms with E-state index in [2.05, 4.69) is 45.1 Å². The van der Waals surface area contributed by atoms with Crippen molar-refractivity contribution in [3.63, 3.8) is 0 Å². The van der Waals surface area contributed by atoms with E-state index in [9.17, 15) is 4.79 Å². The molecule has 1 amide bonds. The van der Waals surface area contributed by atoms with Crippen molar-refractivity contribution in [2.24, 2.45) is 4.99 Å². The highest BCUT2D eigenvalue weighted by molar-refractivity contribution is 14.1. The molecule has 0 aromatic heterocycles. The van der Waals surface area contributed by atoms with Crippen LogP contribution in [0.5, 0.6) is 0 Å². The third-order valence-electron chi connectivity index (χ3n) is 2.97. The van der Waals surface area contributed by atoms with Crippen LogP contribution in [-0.4, -0.2) is 18.4 Å². The minimum atomic E-state index is -0.725. The number of carbonyl (C=O) groups excluding carboxylic acids is 1. The summed E-state index contributed by atoms with van der Waals surface area (Å²) in [7, 11) is 0. The van der Waals surface area contributed by atoms with Gasteiger partial charge in [0.05, 0.1) is 0 Å². The molecular formula is C13H16IN3O. The standard InChI is InChI=1S/C13H16IN3O/c1-3-8-15-12-16-11(18)13(2,17-12)9-4-6-10(14)7-5-9/h4-7H,3,8H2,1-2H3,(H2,15,16,17,18). The van der Waals surface area contributed by atoms with Gasteiger partial charge in [-0.1, -0.05) is 19.1 Å². The highest BCUT2D eigenvalue weighted by Crippen LogP contribution is 2.24. The summed E-state index contributed by atoms with van der Waals surface area (Å²) < 4.78 is 1.15. The zero-order valence-electron chi connectivity index (χ0n) is 10.5. The molecule has 1 aliphatic rings. The average Bonchev–Trinajstić information content (AvgIpc) is 2.64. The molecule has 1 heterocycles. The number of guanidine groups is 1. The number of halogens is 1. The number of rotatable bonds is 3. The fourth-order valence-corrected chi connectivity index (χ4v) is 2.21. The lowest BCUT2D eigenvalue weighted by Gasteiger charge is -2.21. The number of aliphatic imine (C=N–C) groups is 1. The van der Waals surface area contributed by atoms with Gasteiger partial charge in [0.15, 0.2) is 5.96 Å². The molecule has 2 rings (SSSR count). The fourth-order valence-electron chi connectivity index (χ4n) is 1.85. The quantitative estimate of drug-likeness (QED) is 0.813. The van der Waals surface area contributed by atoms with Crippen molar-refractivity contribution in [1.29, 1.82) is 0 Å². The highest BCUT2D eigenvalue weighted by atomic mass is 127. The molecule has 1 unspecified atom stereocenters. The van der Waals surface area contributed by atoms with Crippen LogP contribution in [0.2, 0.25) is 0 Å². The topological polar surface area (TPSA) is 53.5 Å². The third kappa shape index (κ3) is 2.50. The highest BCUT2D eigenvalue weighted by Gasteiger charge is 2.42. The Bertz CT molecular complexity index is 484. The molecule has 0 aliphatic carbocycles. The lowest BCUT2D eigenvalue weighted by atomic mass is 9.92. The van der Waals surface area contributed by atoms with Crippen LogP contribution in [0.25, 0.3) is 0 Å². The average molecular weight is 357 g/mol. The van der Waals surface area contributed by atoms with Gasteiger partial charge >= 0.3 is 0 Å². The van der Waals surface area contributed by atoms with E-state index in [0.29, 0.717) is 12.5 Å². The fraction of sp³-hybridized carbons (Fsp3) is 0.385. The van der Waals surface area contributed by atoms with Gasteiger partial charge in [0, 0.05) is 10.1 Å². The molecule has 5 heteroatoms. The van der Waals surface area contributed by atoms with Crippen molar-refractivity contribution < 1.29 is 4.79 Å². The van der Waals surface area contributed by atoms with Gasteiger partial charge < -0.3 is 5.32 Å². The van der Waals surface area contributed by atoms with Gasteiger partial charge in [-0.05, 0) is 53.6 Å². The van der Waals surface area contributed by atoms with Crippen LogP contribution < -0.4 is 10.6 Å². The Labute approximate surface area is 120 Å². The maximum Gasteiger partial charge on any atom is 0.256 e. The van der Waals surface area contributed by atoms with Crippen molar-refractivity contribution in [1.82, 2.24) is 10.6 Å². The summed E-state index contributed by atoms with van der Waals surface area (Å²) in [4.78, 5) is 16.4. The van der Waals surface area contributed by atoms with E-state index >= 15 is 0 Å². The summed E-state index contributed by atoms with van der Waals surface area (Å²) >= 11 is 2.25. The van der Waals surface area contributed by atoms with Crippen LogP contribution in [0.3, 0.4) is 0 Å². The minimum Gasteiger partial charge on any atom is -0.338 e. The molecule has 1 atom stereocenters. The van der Waals surface area contributed by atoms with Crippen LogP contribution in [0.1, 0.15) is 25.8 Å². The predicted octanol–water partition coefficient (Wildman–Crippen LogP) is 1.99. The largest absolute Gasteiger partial charge is 0.338 e. The molecule has 96 valence electrons. The zero-order chi connectivity index (χ0) is 13.2. The van der Waals surface area contributed by atoms with Crippen LogP contribution >= 0.6 is 22.6 Å². The molecule has 0 radical (unpaired) electrons. The SMILES string of the molecule is CCCN=C1NC(=O)C(C)(c2ccc(I)cc2)N1. The molecular weight excluding hydrogens is 341 g/mol. The van der Waals surface area contributed by atoms with E-state index in [-0.39, 0.29) is 5.91 Å². The lowest BCUT2D eigenvalue weighted by Crippen LogP contribution is -2.40. The molecule has 18 heavy (non-hydrogen) atoms. The van der Waals surface area contributed by atoms with Crippen molar-refractivity contribution in [3.8, 4) is 0 Å². The Hall–Kier alpha value is -1.11. The number of hydrogen-bond acceptors (Lipinski definition) is 2. The number of amides is 1. The molecule has 1 aliphatic heterocycles. The second-order valence-electron chi connectivity index (χ2n) is 4.44. The van der Waals surface area contributed by atoms with E-state index < -0.39 is 5.54 Å². The van der Waals surface area contributed by atoms with E-state index in [1.165, 1.54) is 0 Å². The first-order chi connectivity index (χ1) is 8.56. The van der Waals surface area contributed by atoms with Crippen LogP contribution in [0.4, 0.5) is 0 Å². The monoisotopic (exact) mass is 357 g/mol. The first-order valence-electron chi connectivity index (χ1n) is 5.96. The van der Waals surface area contributed by atoms with Crippen molar-refractivity contribution in [2.45, 2.75) is 25.8 Å². The van der Waals surface area contributed by atoms with Crippen LogP contribution in [0, 0.1) is 3.57 Å². The Balaban J connectivity index is 2.26. The molecule has 4 nitrogen and oxygen atoms in total. The van der Waals surface area contributed by atoms with Crippen LogP contribution in [-0.2, 0) is 10.3 Å². The van der Waals surface area contributed by atoms with E-state index in [1.807, 2.05) is 31.2 Å². The first kappa shape index (κ1) is 13.3. The predicted molar refractivity (Wildman–Crippen MR) is 80.4 cm³/mol. The number of hydrogen-bond donors (Lipinski definition) is 2. The zero-order valence-corrected chi connectivity index (χ0v) is 12.6.